The number of nitriles is 1. The van der Waals surface area contributed by atoms with Gasteiger partial charge in [-0.3, -0.25) is 0 Å². The second-order valence-corrected chi connectivity index (χ2v) is 10.0. The van der Waals surface area contributed by atoms with Gasteiger partial charge in [0.25, 0.3) is 0 Å². The van der Waals surface area contributed by atoms with Gasteiger partial charge >= 0.3 is 6.03 Å². The fraction of sp³-hybridized carbons (Fsp3) is 0.483. The Kier molecular flexibility index (Phi) is 8.11. The number of urea groups is 1. The second kappa shape index (κ2) is 11.8. The number of amides is 2. The molecule has 4 heterocycles. The molecule has 3 aliphatic heterocycles. The third-order valence-electron chi connectivity index (χ3n) is 7.48. The first-order valence-electron chi connectivity index (χ1n) is 13.3. The zero-order valence-corrected chi connectivity index (χ0v) is 22.2. The normalized spacial score (nSPS) is 19.7. The number of aryl methyl sites for hydroxylation is 1. The minimum atomic E-state index is -0.159. The van der Waals surface area contributed by atoms with Gasteiger partial charge in [-0.15, -0.1) is 0 Å². The van der Waals surface area contributed by atoms with E-state index in [1.54, 1.807) is 4.90 Å². The molecule has 0 unspecified atom stereocenters. The molecule has 0 saturated carbocycles. The van der Waals surface area contributed by atoms with Crippen molar-refractivity contribution in [2.75, 3.05) is 62.8 Å². The smallest absolute Gasteiger partial charge is 0.322 e. The predicted octanol–water partition coefficient (Wildman–Crippen LogP) is 4.53. The van der Waals surface area contributed by atoms with Crippen molar-refractivity contribution in [2.24, 2.45) is 0 Å². The molecule has 1 N–H and O–H groups in total. The van der Waals surface area contributed by atoms with Crippen LogP contribution in [-0.2, 0) is 9.47 Å². The molecule has 1 aromatic carbocycles. The Morgan fingerprint density at radius 2 is 1.89 bits per heavy atom. The number of nitrogens with one attached hydrogen (secondary N) is 1. The van der Waals surface area contributed by atoms with Crippen LogP contribution in [0.25, 0.3) is 11.1 Å². The van der Waals surface area contributed by atoms with Gasteiger partial charge in [-0.25, -0.2) is 9.78 Å². The van der Waals surface area contributed by atoms with Crippen LogP contribution >= 0.6 is 0 Å². The molecule has 0 radical (unpaired) electrons. The first kappa shape index (κ1) is 26.0. The van der Waals surface area contributed by atoms with Gasteiger partial charge in [0.05, 0.1) is 32.5 Å². The Bertz CT molecular complexity index is 1240. The number of ether oxygens (including phenoxy) is 3. The number of hydrogen-bond donors (Lipinski definition) is 1. The molecule has 0 bridgehead atoms. The third kappa shape index (κ3) is 5.93. The fourth-order valence-corrected chi connectivity index (χ4v) is 5.09. The van der Waals surface area contributed by atoms with Crippen LogP contribution in [0.2, 0.25) is 0 Å². The summed E-state index contributed by atoms with van der Waals surface area (Å²) in [5.74, 6) is 0.648. The maximum absolute atomic E-state index is 13.0. The fourth-order valence-electron chi connectivity index (χ4n) is 5.09. The summed E-state index contributed by atoms with van der Waals surface area (Å²) in [5.41, 5.74) is 6.48. The monoisotopic (exact) mass is 517 g/mol. The summed E-state index contributed by atoms with van der Waals surface area (Å²) in [7, 11) is 0. The molecule has 9 heteroatoms. The number of rotatable bonds is 5. The quantitative estimate of drug-likeness (QED) is 0.582. The molecule has 3 fully saturated rings. The van der Waals surface area contributed by atoms with Gasteiger partial charge in [0.1, 0.15) is 11.8 Å². The lowest BCUT2D eigenvalue weighted by Gasteiger charge is -2.31. The van der Waals surface area contributed by atoms with Crippen LogP contribution in [0.5, 0.6) is 5.88 Å². The molecule has 0 atom stereocenters. The molecule has 5 rings (SSSR count). The number of morpholine rings is 1. The third-order valence-corrected chi connectivity index (χ3v) is 7.48. The number of benzene rings is 1. The SMILES string of the molecule is C/C(C#N)=C1/CCN(C(=O)Nc2ccc(C)c(-c3cnc(OC4CCOCC4)c(N4CCOCC4)c3)c2)C1. The van der Waals surface area contributed by atoms with Crippen LogP contribution < -0.4 is 15.0 Å². The van der Waals surface area contributed by atoms with E-state index in [1.807, 2.05) is 31.3 Å². The first-order valence-corrected chi connectivity index (χ1v) is 13.3. The van der Waals surface area contributed by atoms with Crippen molar-refractivity contribution in [1.82, 2.24) is 9.88 Å². The van der Waals surface area contributed by atoms with Gasteiger partial charge in [-0.05, 0) is 55.2 Å². The summed E-state index contributed by atoms with van der Waals surface area (Å²) < 4.78 is 17.4. The number of likely N-dealkylation sites (tertiary alicyclic amines) is 1. The van der Waals surface area contributed by atoms with E-state index in [-0.39, 0.29) is 12.1 Å². The first-order chi connectivity index (χ1) is 18.5. The van der Waals surface area contributed by atoms with Gasteiger partial charge in [0.2, 0.25) is 5.88 Å². The molecular formula is C29H35N5O4. The highest BCUT2D eigenvalue weighted by atomic mass is 16.5. The lowest BCUT2D eigenvalue weighted by molar-refractivity contribution is 0.0238. The Morgan fingerprint density at radius 1 is 1.13 bits per heavy atom. The number of nitrogens with zero attached hydrogens (tertiary/aromatic N) is 4. The molecular weight excluding hydrogens is 482 g/mol. The van der Waals surface area contributed by atoms with E-state index in [1.165, 1.54) is 0 Å². The highest BCUT2D eigenvalue weighted by molar-refractivity contribution is 5.91. The number of allylic oxidation sites excluding steroid dienone is 1. The van der Waals surface area contributed by atoms with Crippen molar-refractivity contribution in [3.8, 4) is 23.1 Å². The molecule has 2 amide bonds. The largest absolute Gasteiger partial charge is 0.473 e. The summed E-state index contributed by atoms with van der Waals surface area (Å²) in [6, 6.07) is 10.1. The average Bonchev–Trinajstić information content (AvgIpc) is 3.46. The Balaban J connectivity index is 1.38. The molecule has 9 nitrogen and oxygen atoms in total. The minimum Gasteiger partial charge on any atom is -0.473 e. The van der Waals surface area contributed by atoms with Gasteiger partial charge in [0.15, 0.2) is 0 Å². The number of carbonyl (C=O) groups excluding carboxylic acids is 1. The summed E-state index contributed by atoms with van der Waals surface area (Å²) in [6.45, 7) is 9.29. The Morgan fingerprint density at radius 3 is 2.66 bits per heavy atom. The van der Waals surface area contributed by atoms with Crippen LogP contribution in [0.1, 0.15) is 31.7 Å². The van der Waals surface area contributed by atoms with E-state index in [0.29, 0.717) is 51.0 Å². The van der Waals surface area contributed by atoms with Crippen LogP contribution in [-0.4, -0.2) is 74.6 Å². The van der Waals surface area contributed by atoms with Crippen molar-refractivity contribution in [3.05, 3.63) is 47.2 Å². The number of anilines is 2. The van der Waals surface area contributed by atoms with E-state index in [9.17, 15) is 4.79 Å². The number of pyridine rings is 1. The highest BCUT2D eigenvalue weighted by Crippen LogP contribution is 2.35. The maximum Gasteiger partial charge on any atom is 0.322 e. The van der Waals surface area contributed by atoms with Crippen LogP contribution in [0, 0.1) is 18.3 Å². The minimum absolute atomic E-state index is 0.0973. The van der Waals surface area contributed by atoms with Crippen molar-refractivity contribution in [3.63, 3.8) is 0 Å². The van der Waals surface area contributed by atoms with Crippen LogP contribution in [0.15, 0.2) is 41.6 Å². The standard InChI is InChI=1S/C29H35N5O4/c1-20-3-4-24(32-29(35)34-8-5-22(19-34)21(2)17-30)16-26(20)23-15-27(33-9-13-37-14-10-33)28(31-18-23)38-25-6-11-36-12-7-25/h3-4,15-16,18,25H,5-14,19H2,1-2H3,(H,32,35)/b22-21+. The molecule has 3 aliphatic rings. The number of carbonyl (C=O) groups is 1. The van der Waals surface area contributed by atoms with Gasteiger partial charge < -0.3 is 29.3 Å². The second-order valence-electron chi connectivity index (χ2n) is 10.0. The van der Waals surface area contributed by atoms with Gasteiger partial charge in [0, 0.05) is 62.0 Å². The Labute approximate surface area is 224 Å². The maximum atomic E-state index is 13.0. The van der Waals surface area contributed by atoms with Crippen molar-refractivity contribution in [2.45, 2.75) is 39.2 Å². The number of aromatic nitrogens is 1. The highest BCUT2D eigenvalue weighted by Gasteiger charge is 2.25. The predicted molar refractivity (Wildman–Crippen MR) is 145 cm³/mol. The van der Waals surface area contributed by atoms with Gasteiger partial charge in [-0.1, -0.05) is 6.07 Å². The topological polar surface area (TPSA) is 100.0 Å². The van der Waals surface area contributed by atoms with E-state index < -0.39 is 0 Å². The molecule has 2 aromatic rings. The van der Waals surface area contributed by atoms with Crippen LogP contribution in [0.3, 0.4) is 0 Å². The summed E-state index contributed by atoms with van der Waals surface area (Å²) in [5, 5.41) is 12.2. The van der Waals surface area contributed by atoms with E-state index in [2.05, 4.69) is 29.3 Å². The summed E-state index contributed by atoms with van der Waals surface area (Å²) >= 11 is 0. The van der Waals surface area contributed by atoms with Gasteiger partial charge in [-0.2, -0.15) is 5.26 Å². The molecule has 200 valence electrons. The zero-order valence-electron chi connectivity index (χ0n) is 22.2. The van der Waals surface area contributed by atoms with E-state index in [0.717, 1.165) is 66.0 Å². The zero-order chi connectivity index (χ0) is 26.5. The number of hydrogen-bond acceptors (Lipinski definition) is 7. The van der Waals surface area contributed by atoms with Crippen molar-refractivity contribution < 1.29 is 19.0 Å². The Hall–Kier alpha value is -3.61. The lowest BCUT2D eigenvalue weighted by Crippen LogP contribution is -2.37. The molecule has 0 aliphatic carbocycles. The van der Waals surface area contributed by atoms with Crippen LogP contribution in [0.4, 0.5) is 16.2 Å². The molecule has 0 spiro atoms. The molecule has 38 heavy (non-hydrogen) atoms. The molecule has 1 aromatic heterocycles. The summed E-state index contributed by atoms with van der Waals surface area (Å²) in [4.78, 5) is 21.8. The van der Waals surface area contributed by atoms with E-state index >= 15 is 0 Å². The molecule has 3 saturated heterocycles. The van der Waals surface area contributed by atoms with Crippen molar-refractivity contribution >= 4 is 17.4 Å². The van der Waals surface area contributed by atoms with E-state index in [4.69, 9.17) is 24.5 Å². The summed E-state index contributed by atoms with van der Waals surface area (Å²) in [6.07, 6.45) is 4.41. The lowest BCUT2D eigenvalue weighted by atomic mass is 10.0. The average molecular weight is 518 g/mol. The van der Waals surface area contributed by atoms with Crippen molar-refractivity contribution in [1.29, 1.82) is 5.26 Å².